The lowest BCUT2D eigenvalue weighted by Gasteiger charge is -2.24. The molecule has 1 aliphatic rings. The molecule has 2 aromatic heterocycles. The minimum absolute atomic E-state index is 0.0305. The molecule has 1 aliphatic heterocycles. The lowest BCUT2D eigenvalue weighted by Crippen LogP contribution is -2.35. The third-order valence-electron chi connectivity index (χ3n) is 4.18. The van der Waals surface area contributed by atoms with Crippen LogP contribution >= 0.6 is 11.6 Å². The van der Waals surface area contributed by atoms with E-state index in [9.17, 15) is 4.79 Å². The van der Waals surface area contributed by atoms with Crippen molar-refractivity contribution in [3.63, 3.8) is 0 Å². The second kappa shape index (κ2) is 6.58. The predicted octanol–water partition coefficient (Wildman–Crippen LogP) is 2.13. The minimum atomic E-state index is -0.0305. The van der Waals surface area contributed by atoms with Gasteiger partial charge in [0, 0.05) is 31.2 Å². The molecule has 0 saturated carbocycles. The van der Waals surface area contributed by atoms with E-state index in [0.717, 1.165) is 24.2 Å². The van der Waals surface area contributed by atoms with E-state index in [1.165, 1.54) is 12.8 Å². The number of nitrogens with zero attached hydrogens (tertiary/aromatic N) is 3. The number of carbonyl (C=O) groups excluding carboxylic acids is 1. The number of aryl methyl sites for hydroxylation is 2. The summed E-state index contributed by atoms with van der Waals surface area (Å²) in [5.41, 5.74) is 2.05. The molecule has 1 atom stereocenters. The lowest BCUT2D eigenvalue weighted by molar-refractivity contribution is -0.126. The van der Waals surface area contributed by atoms with Crippen molar-refractivity contribution in [2.75, 3.05) is 7.11 Å². The number of ether oxygens (including phenoxy) is 1. The van der Waals surface area contributed by atoms with Gasteiger partial charge in [0.15, 0.2) is 0 Å². The van der Waals surface area contributed by atoms with Crippen molar-refractivity contribution in [3.8, 4) is 5.88 Å². The fourth-order valence-corrected chi connectivity index (χ4v) is 3.12. The van der Waals surface area contributed by atoms with Gasteiger partial charge in [-0.15, -0.1) is 0 Å². The van der Waals surface area contributed by atoms with Crippen molar-refractivity contribution in [3.05, 3.63) is 40.6 Å². The van der Waals surface area contributed by atoms with E-state index < -0.39 is 0 Å². The molecule has 0 bridgehead atoms. The molecular weight excluding hydrogens is 316 g/mol. The number of amides is 1. The molecule has 2 aromatic rings. The summed E-state index contributed by atoms with van der Waals surface area (Å²) in [5.74, 6) is 1.37. The van der Waals surface area contributed by atoms with E-state index in [4.69, 9.17) is 16.3 Å². The molecule has 3 rings (SSSR count). The van der Waals surface area contributed by atoms with Gasteiger partial charge in [-0.2, -0.15) is 0 Å². The zero-order chi connectivity index (χ0) is 16.4. The Hall–Kier alpha value is -2.08. The van der Waals surface area contributed by atoms with Crippen LogP contribution in [0, 0.1) is 12.8 Å². The molecule has 7 heteroatoms. The van der Waals surface area contributed by atoms with E-state index in [-0.39, 0.29) is 11.8 Å². The first-order chi connectivity index (χ1) is 11.1. The Balaban J connectivity index is 1.60. The maximum atomic E-state index is 12.4. The van der Waals surface area contributed by atoms with E-state index in [2.05, 4.69) is 19.9 Å². The number of hydrogen-bond acceptors (Lipinski definition) is 4. The average molecular weight is 335 g/mol. The van der Waals surface area contributed by atoms with Crippen LogP contribution in [-0.4, -0.2) is 27.6 Å². The van der Waals surface area contributed by atoms with Gasteiger partial charge >= 0.3 is 0 Å². The number of fused-ring (bicyclic) bond motifs is 1. The molecule has 6 nitrogen and oxygen atoms in total. The number of aromatic nitrogens is 3. The van der Waals surface area contributed by atoms with Crippen molar-refractivity contribution in [2.45, 2.75) is 32.9 Å². The number of hydrogen-bond donors (Lipinski definition) is 1. The summed E-state index contributed by atoms with van der Waals surface area (Å²) < 4.78 is 7.14. The van der Waals surface area contributed by atoms with Gasteiger partial charge in [0.25, 0.3) is 0 Å². The first kappa shape index (κ1) is 15.8. The third-order valence-corrected chi connectivity index (χ3v) is 4.46. The topological polar surface area (TPSA) is 69.0 Å². The second-order valence-corrected chi connectivity index (χ2v) is 6.10. The van der Waals surface area contributed by atoms with Crippen LogP contribution in [0.25, 0.3) is 0 Å². The fourth-order valence-electron chi connectivity index (χ4n) is 2.86. The molecule has 122 valence electrons. The van der Waals surface area contributed by atoms with Gasteiger partial charge in [0.05, 0.1) is 13.0 Å². The summed E-state index contributed by atoms with van der Waals surface area (Å²) in [6, 6.07) is 1.76. The van der Waals surface area contributed by atoms with Gasteiger partial charge in [-0.1, -0.05) is 11.6 Å². The van der Waals surface area contributed by atoms with Crippen LogP contribution in [0.15, 0.2) is 18.5 Å². The van der Waals surface area contributed by atoms with Gasteiger partial charge < -0.3 is 14.6 Å². The number of methoxy groups -OCH3 is 1. The lowest BCUT2D eigenvalue weighted by atomic mass is 9.97. The molecule has 0 aromatic carbocycles. The molecule has 1 amide bonds. The van der Waals surface area contributed by atoms with E-state index >= 15 is 0 Å². The van der Waals surface area contributed by atoms with Crippen molar-refractivity contribution in [2.24, 2.45) is 5.92 Å². The molecule has 0 aliphatic carbocycles. The number of halogens is 1. The first-order valence-electron chi connectivity index (χ1n) is 7.55. The Morgan fingerprint density at radius 1 is 1.48 bits per heavy atom. The van der Waals surface area contributed by atoms with E-state index in [0.29, 0.717) is 24.0 Å². The number of pyridine rings is 1. The van der Waals surface area contributed by atoms with Gasteiger partial charge in [0.1, 0.15) is 10.8 Å². The normalized spacial score (nSPS) is 16.7. The molecule has 3 heterocycles. The predicted molar refractivity (Wildman–Crippen MR) is 86.4 cm³/mol. The average Bonchev–Trinajstić information content (AvgIpc) is 2.93. The largest absolute Gasteiger partial charge is 0.480 e. The first-order valence-corrected chi connectivity index (χ1v) is 7.93. The SMILES string of the molecule is COc1ncc(CNC(=O)[C@H]2CCc3cnc(C)n3C2)cc1Cl. The minimum Gasteiger partial charge on any atom is -0.480 e. The van der Waals surface area contributed by atoms with Crippen LogP contribution in [0.2, 0.25) is 5.02 Å². The Labute approximate surface area is 139 Å². The summed E-state index contributed by atoms with van der Waals surface area (Å²) in [4.78, 5) is 20.8. The van der Waals surface area contributed by atoms with E-state index in [1.54, 1.807) is 12.3 Å². The van der Waals surface area contributed by atoms with Gasteiger partial charge in [-0.05, 0) is 31.4 Å². The van der Waals surface area contributed by atoms with Crippen molar-refractivity contribution in [1.29, 1.82) is 0 Å². The summed E-state index contributed by atoms with van der Waals surface area (Å²) >= 11 is 6.04. The zero-order valence-corrected chi connectivity index (χ0v) is 13.9. The van der Waals surface area contributed by atoms with Crippen LogP contribution < -0.4 is 10.1 Å². The van der Waals surface area contributed by atoms with Crippen LogP contribution in [0.4, 0.5) is 0 Å². The maximum absolute atomic E-state index is 12.4. The summed E-state index contributed by atoms with van der Waals surface area (Å²) in [6.45, 7) is 3.06. The Morgan fingerprint density at radius 3 is 3.04 bits per heavy atom. The highest BCUT2D eigenvalue weighted by molar-refractivity contribution is 6.31. The smallest absolute Gasteiger partial charge is 0.232 e. The second-order valence-electron chi connectivity index (χ2n) is 5.70. The number of nitrogens with one attached hydrogen (secondary N) is 1. The van der Waals surface area contributed by atoms with Gasteiger partial charge in [-0.25, -0.2) is 9.97 Å². The highest BCUT2D eigenvalue weighted by Gasteiger charge is 2.25. The monoisotopic (exact) mass is 334 g/mol. The van der Waals surface area contributed by atoms with Crippen LogP contribution in [0.1, 0.15) is 23.5 Å². The molecule has 0 fully saturated rings. The van der Waals surface area contributed by atoms with Crippen molar-refractivity contribution < 1.29 is 9.53 Å². The van der Waals surface area contributed by atoms with Gasteiger partial charge in [-0.3, -0.25) is 4.79 Å². The number of rotatable bonds is 4. The Morgan fingerprint density at radius 2 is 2.30 bits per heavy atom. The molecule has 0 radical (unpaired) electrons. The quantitative estimate of drug-likeness (QED) is 0.930. The standard InChI is InChI=1S/C16H19ClN4O2/c1-10-18-8-13-4-3-12(9-21(10)13)15(22)19-6-11-5-14(17)16(23-2)20-7-11/h5,7-8,12H,3-4,6,9H2,1-2H3,(H,19,22)/t12-/m0/s1. The number of imidazole rings is 1. The van der Waals surface area contributed by atoms with Crippen molar-refractivity contribution in [1.82, 2.24) is 19.9 Å². The molecule has 1 N–H and O–H groups in total. The summed E-state index contributed by atoms with van der Waals surface area (Å²) in [7, 11) is 1.52. The maximum Gasteiger partial charge on any atom is 0.232 e. The van der Waals surface area contributed by atoms with Crippen LogP contribution in [0.5, 0.6) is 5.88 Å². The van der Waals surface area contributed by atoms with E-state index in [1.807, 2.05) is 13.1 Å². The molecular formula is C16H19ClN4O2. The van der Waals surface area contributed by atoms with Crippen molar-refractivity contribution >= 4 is 17.5 Å². The molecule has 0 saturated heterocycles. The molecule has 0 unspecified atom stereocenters. The summed E-state index contributed by atoms with van der Waals surface area (Å²) in [6.07, 6.45) is 5.28. The summed E-state index contributed by atoms with van der Waals surface area (Å²) in [5, 5.41) is 3.40. The number of carbonyl (C=O) groups is 1. The Bertz CT molecular complexity index is 729. The highest BCUT2D eigenvalue weighted by atomic mass is 35.5. The van der Waals surface area contributed by atoms with Crippen LogP contribution in [0.3, 0.4) is 0 Å². The molecule has 0 spiro atoms. The fraction of sp³-hybridized carbons (Fsp3) is 0.438. The Kier molecular flexibility index (Phi) is 4.52. The van der Waals surface area contributed by atoms with Crippen LogP contribution in [-0.2, 0) is 24.3 Å². The molecule has 23 heavy (non-hydrogen) atoms. The highest BCUT2D eigenvalue weighted by Crippen LogP contribution is 2.23. The van der Waals surface area contributed by atoms with Gasteiger partial charge in [0.2, 0.25) is 11.8 Å². The third kappa shape index (κ3) is 3.32. The zero-order valence-electron chi connectivity index (χ0n) is 13.2.